The van der Waals surface area contributed by atoms with Crippen molar-refractivity contribution in [1.29, 1.82) is 0 Å². The van der Waals surface area contributed by atoms with E-state index in [1.54, 1.807) is 12.1 Å². The second-order valence-electron chi connectivity index (χ2n) is 4.51. The predicted molar refractivity (Wildman–Crippen MR) is 73.9 cm³/mol. The lowest BCUT2D eigenvalue weighted by molar-refractivity contribution is 0.0939. The van der Waals surface area contributed by atoms with Gasteiger partial charge in [-0.25, -0.2) is 10.8 Å². The molecule has 2 rings (SSSR count). The molecule has 1 amide bonds. The van der Waals surface area contributed by atoms with Crippen molar-refractivity contribution in [1.82, 2.24) is 15.5 Å². The van der Waals surface area contributed by atoms with Crippen LogP contribution in [0.1, 0.15) is 40.3 Å². The Morgan fingerprint density at radius 3 is 2.80 bits per heavy atom. The first-order valence-corrected chi connectivity index (χ1v) is 6.19. The summed E-state index contributed by atoms with van der Waals surface area (Å²) in [7, 11) is 0. The molecule has 1 unspecified atom stereocenters. The summed E-state index contributed by atoms with van der Waals surface area (Å²) in [6.45, 7) is 5.55. The van der Waals surface area contributed by atoms with E-state index in [2.05, 4.69) is 20.9 Å². The molecule has 106 valence electrons. The van der Waals surface area contributed by atoms with Gasteiger partial charge < -0.3 is 15.3 Å². The van der Waals surface area contributed by atoms with Gasteiger partial charge in [-0.2, -0.15) is 0 Å². The number of nitrogens with zero attached hydrogens (tertiary/aromatic N) is 2. The van der Waals surface area contributed by atoms with Gasteiger partial charge in [0.1, 0.15) is 11.6 Å². The van der Waals surface area contributed by atoms with Gasteiger partial charge in [-0.05, 0) is 32.9 Å². The fraction of sp³-hybridized carbons (Fsp3) is 0.308. The van der Waals surface area contributed by atoms with Crippen LogP contribution in [-0.2, 0) is 0 Å². The van der Waals surface area contributed by atoms with Crippen LogP contribution >= 0.6 is 0 Å². The van der Waals surface area contributed by atoms with Crippen molar-refractivity contribution in [3.05, 3.63) is 40.9 Å². The lowest BCUT2D eigenvalue weighted by Gasteiger charge is -2.14. The molecule has 4 N–H and O–H groups in total. The van der Waals surface area contributed by atoms with Crippen LogP contribution in [0.3, 0.4) is 0 Å². The van der Waals surface area contributed by atoms with E-state index >= 15 is 0 Å². The van der Waals surface area contributed by atoms with Crippen molar-refractivity contribution in [3.8, 4) is 0 Å². The molecule has 20 heavy (non-hydrogen) atoms. The highest BCUT2D eigenvalue weighted by Crippen LogP contribution is 2.21. The molecule has 2 aromatic heterocycles. The van der Waals surface area contributed by atoms with Crippen molar-refractivity contribution in [2.75, 3.05) is 5.43 Å². The van der Waals surface area contributed by atoms with Crippen molar-refractivity contribution >= 4 is 11.7 Å². The van der Waals surface area contributed by atoms with Crippen LogP contribution in [-0.4, -0.2) is 16.0 Å². The Bertz CT molecular complexity index is 603. The van der Waals surface area contributed by atoms with Crippen LogP contribution in [0.5, 0.6) is 0 Å². The average Bonchev–Trinajstić information content (AvgIpc) is 2.78. The molecular formula is C13H17N5O2. The number of rotatable bonds is 4. The van der Waals surface area contributed by atoms with Crippen molar-refractivity contribution < 1.29 is 9.32 Å². The number of aryl methyl sites for hydroxylation is 2. The molecule has 7 nitrogen and oxygen atoms in total. The zero-order valence-electron chi connectivity index (χ0n) is 11.6. The highest BCUT2D eigenvalue weighted by Gasteiger charge is 2.19. The number of pyridine rings is 1. The number of anilines is 1. The largest absolute Gasteiger partial charge is 0.361 e. The molecule has 0 saturated carbocycles. The molecule has 0 spiro atoms. The molecule has 0 fully saturated rings. The van der Waals surface area contributed by atoms with E-state index in [1.807, 2.05) is 20.8 Å². The maximum atomic E-state index is 12.2. The number of amides is 1. The number of nitrogen functional groups attached to an aromatic ring is 1. The summed E-state index contributed by atoms with van der Waals surface area (Å²) in [4.78, 5) is 16.1. The Labute approximate surface area is 116 Å². The molecule has 1 atom stereocenters. The van der Waals surface area contributed by atoms with Crippen LogP contribution in [0.15, 0.2) is 22.9 Å². The first-order valence-electron chi connectivity index (χ1n) is 6.19. The molecule has 0 aliphatic rings. The van der Waals surface area contributed by atoms with Crippen molar-refractivity contribution in [2.45, 2.75) is 26.8 Å². The van der Waals surface area contributed by atoms with Crippen LogP contribution in [0, 0.1) is 13.8 Å². The summed E-state index contributed by atoms with van der Waals surface area (Å²) in [5, 5.41) is 6.78. The Hall–Kier alpha value is -2.41. The van der Waals surface area contributed by atoms with Gasteiger partial charge in [0.15, 0.2) is 0 Å². The monoisotopic (exact) mass is 275 g/mol. The van der Waals surface area contributed by atoms with E-state index in [0.29, 0.717) is 17.1 Å². The number of carbonyl (C=O) groups is 1. The number of hydrogen-bond acceptors (Lipinski definition) is 6. The zero-order valence-corrected chi connectivity index (χ0v) is 11.6. The SMILES string of the molecule is Cc1noc(C)c1C(C)NC(=O)c1ccnc(NN)c1. The maximum absolute atomic E-state index is 12.2. The van der Waals surface area contributed by atoms with Crippen molar-refractivity contribution in [2.24, 2.45) is 5.84 Å². The topological polar surface area (TPSA) is 106 Å². The summed E-state index contributed by atoms with van der Waals surface area (Å²) in [5.74, 6) is 6.20. The first kappa shape index (κ1) is 14.0. The molecule has 0 saturated heterocycles. The van der Waals surface area contributed by atoms with Gasteiger partial charge in [0.25, 0.3) is 5.91 Å². The standard InChI is InChI=1S/C13H17N5O2/c1-7(12-8(2)18-20-9(12)3)16-13(19)10-4-5-15-11(6-10)17-14/h4-7H,14H2,1-3H3,(H,15,17)(H,16,19). The minimum absolute atomic E-state index is 0.198. The summed E-state index contributed by atoms with van der Waals surface area (Å²) in [5.41, 5.74) is 4.55. The van der Waals surface area contributed by atoms with Crippen LogP contribution < -0.4 is 16.6 Å². The third-order valence-corrected chi connectivity index (χ3v) is 3.04. The third kappa shape index (κ3) is 2.77. The smallest absolute Gasteiger partial charge is 0.251 e. The summed E-state index contributed by atoms with van der Waals surface area (Å²) in [6.07, 6.45) is 1.52. The normalized spacial score (nSPS) is 12.0. The molecule has 2 heterocycles. The van der Waals surface area contributed by atoms with Crippen LogP contribution in [0.4, 0.5) is 5.82 Å². The Morgan fingerprint density at radius 2 is 2.20 bits per heavy atom. The fourth-order valence-electron chi connectivity index (χ4n) is 2.11. The van der Waals surface area contributed by atoms with Crippen molar-refractivity contribution in [3.63, 3.8) is 0 Å². The van der Waals surface area contributed by atoms with Gasteiger partial charge >= 0.3 is 0 Å². The van der Waals surface area contributed by atoms with Crippen LogP contribution in [0.25, 0.3) is 0 Å². The van der Waals surface area contributed by atoms with E-state index in [4.69, 9.17) is 10.4 Å². The number of hydrogen-bond donors (Lipinski definition) is 3. The summed E-state index contributed by atoms with van der Waals surface area (Å²) < 4.78 is 5.10. The minimum atomic E-state index is -0.212. The number of nitrogens with one attached hydrogen (secondary N) is 2. The van der Waals surface area contributed by atoms with E-state index in [1.165, 1.54) is 6.20 Å². The molecular weight excluding hydrogens is 258 g/mol. The Balaban J connectivity index is 2.15. The van der Waals surface area contributed by atoms with Gasteiger partial charge in [0.2, 0.25) is 0 Å². The molecule has 0 aliphatic carbocycles. The Morgan fingerprint density at radius 1 is 1.45 bits per heavy atom. The molecule has 2 aromatic rings. The lowest BCUT2D eigenvalue weighted by Crippen LogP contribution is -2.27. The summed E-state index contributed by atoms with van der Waals surface area (Å²) >= 11 is 0. The highest BCUT2D eigenvalue weighted by molar-refractivity contribution is 5.95. The van der Waals surface area contributed by atoms with Gasteiger partial charge in [0.05, 0.1) is 11.7 Å². The number of nitrogens with two attached hydrogens (primary N) is 1. The fourth-order valence-corrected chi connectivity index (χ4v) is 2.11. The molecule has 0 aromatic carbocycles. The van der Waals surface area contributed by atoms with Gasteiger partial charge in [-0.1, -0.05) is 5.16 Å². The van der Waals surface area contributed by atoms with E-state index < -0.39 is 0 Å². The molecule has 0 bridgehead atoms. The van der Waals surface area contributed by atoms with Crippen LogP contribution in [0.2, 0.25) is 0 Å². The van der Waals surface area contributed by atoms with E-state index in [0.717, 1.165) is 11.3 Å². The van der Waals surface area contributed by atoms with E-state index in [9.17, 15) is 4.79 Å². The van der Waals surface area contributed by atoms with E-state index in [-0.39, 0.29) is 11.9 Å². The summed E-state index contributed by atoms with van der Waals surface area (Å²) in [6, 6.07) is 3.00. The predicted octanol–water partition coefficient (Wildman–Crippen LogP) is 1.46. The third-order valence-electron chi connectivity index (χ3n) is 3.04. The Kier molecular flexibility index (Phi) is 3.99. The second-order valence-corrected chi connectivity index (χ2v) is 4.51. The molecule has 7 heteroatoms. The maximum Gasteiger partial charge on any atom is 0.251 e. The zero-order chi connectivity index (χ0) is 14.7. The second kappa shape index (κ2) is 5.70. The molecule has 0 aliphatic heterocycles. The average molecular weight is 275 g/mol. The molecule has 0 radical (unpaired) electrons. The van der Waals surface area contributed by atoms with Gasteiger partial charge in [-0.3, -0.25) is 4.79 Å². The lowest BCUT2D eigenvalue weighted by atomic mass is 10.1. The first-order chi connectivity index (χ1) is 9.52. The number of hydrazine groups is 1. The number of carbonyl (C=O) groups excluding carboxylic acids is 1. The van der Waals surface area contributed by atoms with Gasteiger partial charge in [0, 0.05) is 17.3 Å². The van der Waals surface area contributed by atoms with Gasteiger partial charge in [-0.15, -0.1) is 0 Å². The number of aromatic nitrogens is 2. The minimum Gasteiger partial charge on any atom is -0.361 e. The highest BCUT2D eigenvalue weighted by atomic mass is 16.5. The quantitative estimate of drug-likeness (QED) is 0.576.